The number of halogens is 4. The van der Waals surface area contributed by atoms with Gasteiger partial charge in [0.2, 0.25) is 0 Å². The van der Waals surface area contributed by atoms with E-state index in [9.17, 15) is 4.39 Å². The number of hydrogen-bond acceptors (Lipinski definition) is 2. The first-order valence-corrected chi connectivity index (χ1v) is 8.44. The van der Waals surface area contributed by atoms with Crippen molar-refractivity contribution in [2.75, 3.05) is 11.9 Å². The van der Waals surface area contributed by atoms with Gasteiger partial charge in [0.1, 0.15) is 11.6 Å². The van der Waals surface area contributed by atoms with Gasteiger partial charge < -0.3 is 5.32 Å². The number of fused-ring (bicyclic) bond motifs is 1. The zero-order chi connectivity index (χ0) is 16.8. The van der Waals surface area contributed by atoms with Crippen LogP contribution in [-0.4, -0.2) is 16.3 Å². The predicted molar refractivity (Wildman–Crippen MR) is 96.2 cm³/mol. The number of hydrogen-bond donors (Lipinski definition) is 1. The average molecular weight is 383 g/mol. The summed E-state index contributed by atoms with van der Waals surface area (Å²) in [4.78, 5) is 0. The minimum absolute atomic E-state index is 0.326. The van der Waals surface area contributed by atoms with E-state index in [0.29, 0.717) is 26.3 Å². The van der Waals surface area contributed by atoms with Crippen LogP contribution < -0.4 is 5.32 Å². The maximum absolute atomic E-state index is 13.4. The molecule has 2 heterocycles. The molecule has 4 rings (SSSR count). The predicted octanol–water partition coefficient (Wildman–Crippen LogP) is 5.61. The first-order chi connectivity index (χ1) is 11.5. The van der Waals surface area contributed by atoms with Crippen LogP contribution in [0.3, 0.4) is 0 Å². The fraction of sp³-hybridized carbons (Fsp3) is 0.118. The summed E-state index contributed by atoms with van der Waals surface area (Å²) in [7, 11) is 0. The summed E-state index contributed by atoms with van der Waals surface area (Å²) < 4.78 is 15.1. The average Bonchev–Trinajstić information content (AvgIpc) is 3.13. The van der Waals surface area contributed by atoms with E-state index < -0.39 is 0 Å². The Balaban J connectivity index is 1.94. The van der Waals surface area contributed by atoms with Gasteiger partial charge in [-0.2, -0.15) is 5.10 Å². The lowest BCUT2D eigenvalue weighted by atomic mass is 10.1. The number of rotatable bonds is 2. The summed E-state index contributed by atoms with van der Waals surface area (Å²) in [6.07, 6.45) is 0.802. The molecule has 0 atom stereocenters. The van der Waals surface area contributed by atoms with Gasteiger partial charge in [-0.05, 0) is 42.8 Å². The third kappa shape index (κ3) is 2.55. The zero-order valence-corrected chi connectivity index (χ0v) is 14.6. The van der Waals surface area contributed by atoms with Crippen molar-refractivity contribution in [2.24, 2.45) is 0 Å². The van der Waals surface area contributed by atoms with Crippen molar-refractivity contribution in [2.45, 2.75) is 6.42 Å². The van der Waals surface area contributed by atoms with E-state index >= 15 is 0 Å². The smallest absolute Gasteiger partial charge is 0.133 e. The van der Waals surface area contributed by atoms with E-state index in [1.54, 1.807) is 28.9 Å². The van der Waals surface area contributed by atoms with Crippen LogP contribution in [0.25, 0.3) is 16.9 Å². The molecule has 0 spiro atoms. The first-order valence-electron chi connectivity index (χ1n) is 7.31. The molecule has 1 aliphatic rings. The highest BCUT2D eigenvalue weighted by molar-refractivity contribution is 6.34. The van der Waals surface area contributed by atoms with Crippen LogP contribution in [0, 0.1) is 5.82 Å². The molecule has 3 nitrogen and oxygen atoms in total. The first kappa shape index (κ1) is 15.8. The van der Waals surface area contributed by atoms with Gasteiger partial charge in [-0.25, -0.2) is 9.07 Å². The second-order valence-electron chi connectivity index (χ2n) is 5.48. The van der Waals surface area contributed by atoms with Crippen LogP contribution in [0.4, 0.5) is 10.2 Å². The topological polar surface area (TPSA) is 29.9 Å². The molecule has 0 unspecified atom stereocenters. The molecule has 1 aromatic heterocycles. The molecule has 0 fully saturated rings. The van der Waals surface area contributed by atoms with Crippen LogP contribution in [0.1, 0.15) is 5.56 Å². The van der Waals surface area contributed by atoms with E-state index in [1.807, 2.05) is 0 Å². The summed E-state index contributed by atoms with van der Waals surface area (Å²) in [5, 5.41) is 9.42. The summed E-state index contributed by atoms with van der Waals surface area (Å²) in [6.45, 7) is 0.789. The Morgan fingerprint density at radius 3 is 2.67 bits per heavy atom. The minimum atomic E-state index is -0.379. The standard InChI is InChI=1S/C17H11Cl3FN3/c18-9-1-4-13(19)15(7-9)24-17-12(5-6-22-17)16(23-24)11-3-2-10(21)8-14(11)20/h1-4,7-8,22H,5-6H2. The largest absolute Gasteiger partial charge is 0.369 e. The lowest BCUT2D eigenvalue weighted by Crippen LogP contribution is -2.05. The number of aromatic nitrogens is 2. The molecular weight excluding hydrogens is 372 g/mol. The highest BCUT2D eigenvalue weighted by Crippen LogP contribution is 2.39. The lowest BCUT2D eigenvalue weighted by molar-refractivity contribution is 0.628. The van der Waals surface area contributed by atoms with Crippen molar-refractivity contribution in [3.63, 3.8) is 0 Å². The highest BCUT2D eigenvalue weighted by atomic mass is 35.5. The summed E-state index contributed by atoms with van der Waals surface area (Å²) >= 11 is 18.6. The van der Waals surface area contributed by atoms with Crippen LogP contribution in [-0.2, 0) is 6.42 Å². The monoisotopic (exact) mass is 381 g/mol. The summed E-state index contributed by atoms with van der Waals surface area (Å²) in [5.41, 5.74) is 3.12. The molecule has 0 saturated heterocycles. The van der Waals surface area contributed by atoms with Crippen molar-refractivity contribution >= 4 is 40.6 Å². The Morgan fingerprint density at radius 1 is 1.04 bits per heavy atom. The van der Waals surface area contributed by atoms with Crippen molar-refractivity contribution < 1.29 is 4.39 Å². The fourth-order valence-corrected chi connectivity index (χ4v) is 3.52. The molecule has 122 valence electrons. The lowest BCUT2D eigenvalue weighted by Gasteiger charge is -2.09. The Hall–Kier alpha value is -1.75. The number of nitrogens with zero attached hydrogens (tertiary/aromatic N) is 2. The Morgan fingerprint density at radius 2 is 1.88 bits per heavy atom. The number of benzene rings is 2. The molecule has 1 aliphatic heterocycles. The second kappa shape index (κ2) is 5.96. The molecule has 3 aromatic rings. The van der Waals surface area contributed by atoms with Crippen LogP contribution in [0.2, 0.25) is 15.1 Å². The molecule has 1 N–H and O–H groups in total. The van der Waals surface area contributed by atoms with Gasteiger partial charge in [0, 0.05) is 22.7 Å². The van der Waals surface area contributed by atoms with E-state index in [0.717, 1.165) is 30.0 Å². The third-order valence-corrected chi connectivity index (χ3v) is 4.84. The maximum Gasteiger partial charge on any atom is 0.133 e. The SMILES string of the molecule is Fc1ccc(-c2nn(-c3cc(Cl)ccc3Cl)c3c2CCN3)c(Cl)c1. The molecule has 0 aliphatic carbocycles. The normalized spacial score (nSPS) is 13.0. The van der Waals surface area contributed by atoms with E-state index in [4.69, 9.17) is 34.8 Å². The zero-order valence-electron chi connectivity index (χ0n) is 12.3. The van der Waals surface area contributed by atoms with Crippen molar-refractivity contribution in [1.29, 1.82) is 0 Å². The summed E-state index contributed by atoms with van der Waals surface area (Å²) in [5.74, 6) is 0.477. The molecular formula is C17H11Cl3FN3. The number of anilines is 1. The molecule has 0 amide bonds. The van der Waals surface area contributed by atoms with Crippen LogP contribution >= 0.6 is 34.8 Å². The maximum atomic E-state index is 13.4. The Labute approximate surface area is 153 Å². The third-order valence-electron chi connectivity index (χ3n) is 3.97. The van der Waals surface area contributed by atoms with Gasteiger partial charge in [0.15, 0.2) is 0 Å². The van der Waals surface area contributed by atoms with Gasteiger partial charge in [-0.15, -0.1) is 0 Å². The minimum Gasteiger partial charge on any atom is -0.369 e. The Bertz CT molecular complexity index is 952. The van der Waals surface area contributed by atoms with Crippen molar-refractivity contribution in [1.82, 2.24) is 9.78 Å². The molecule has 24 heavy (non-hydrogen) atoms. The quantitative estimate of drug-likeness (QED) is 0.624. The van der Waals surface area contributed by atoms with Crippen LogP contribution in [0.5, 0.6) is 0 Å². The van der Waals surface area contributed by atoms with Crippen molar-refractivity contribution in [3.8, 4) is 16.9 Å². The van der Waals surface area contributed by atoms with Gasteiger partial charge >= 0.3 is 0 Å². The van der Waals surface area contributed by atoms with Gasteiger partial charge in [-0.3, -0.25) is 0 Å². The van der Waals surface area contributed by atoms with Gasteiger partial charge in [-0.1, -0.05) is 34.8 Å². The van der Waals surface area contributed by atoms with E-state index in [1.165, 1.54) is 12.1 Å². The highest BCUT2D eigenvalue weighted by Gasteiger charge is 2.26. The van der Waals surface area contributed by atoms with E-state index in [-0.39, 0.29) is 5.82 Å². The summed E-state index contributed by atoms with van der Waals surface area (Å²) in [6, 6.07) is 9.52. The molecule has 2 aromatic carbocycles. The molecule has 7 heteroatoms. The molecule has 0 radical (unpaired) electrons. The Kier molecular flexibility index (Phi) is 3.91. The fourth-order valence-electron chi connectivity index (χ4n) is 2.90. The van der Waals surface area contributed by atoms with Crippen LogP contribution in [0.15, 0.2) is 36.4 Å². The van der Waals surface area contributed by atoms with Crippen molar-refractivity contribution in [3.05, 3.63) is 62.8 Å². The van der Waals surface area contributed by atoms with E-state index in [2.05, 4.69) is 10.4 Å². The van der Waals surface area contributed by atoms with Gasteiger partial charge in [0.05, 0.1) is 21.4 Å². The molecule has 0 bridgehead atoms. The molecule has 0 saturated carbocycles. The second-order valence-corrected chi connectivity index (χ2v) is 6.74. The van der Waals surface area contributed by atoms with Gasteiger partial charge in [0.25, 0.3) is 0 Å². The number of nitrogens with one attached hydrogen (secondary N) is 1.